The van der Waals surface area contributed by atoms with E-state index in [4.69, 9.17) is 4.94 Å². The number of nitrogens with one attached hydrogen (secondary N) is 3. The number of fused-ring (bicyclic) bond motifs is 6. The van der Waals surface area contributed by atoms with Gasteiger partial charge in [-0.05, 0) is 110 Å². The second-order valence-corrected chi connectivity index (χ2v) is 13.9. The van der Waals surface area contributed by atoms with Crippen LogP contribution in [-0.2, 0) is 9.73 Å². The van der Waals surface area contributed by atoms with Crippen LogP contribution in [0.5, 0.6) is 0 Å². The molecule has 6 rings (SSSR count). The van der Waals surface area contributed by atoms with E-state index in [0.717, 1.165) is 44.2 Å². The molecule has 4 fully saturated rings. The molecule has 0 aromatic heterocycles. The Morgan fingerprint density at radius 1 is 1.15 bits per heavy atom. The lowest BCUT2D eigenvalue weighted by atomic mass is 9.43. The van der Waals surface area contributed by atoms with E-state index in [-0.39, 0.29) is 35.1 Å². The van der Waals surface area contributed by atoms with Gasteiger partial charge in [-0.1, -0.05) is 20.8 Å². The zero-order valence-corrected chi connectivity index (χ0v) is 23.8. The molecule has 10 atom stereocenters. The third-order valence-electron chi connectivity index (χ3n) is 12.4. The molecule has 0 amide bonds. The number of anilines is 3. The number of hydrogen-bond donors (Lipinski definition) is 5. The first-order valence-electron chi connectivity index (χ1n) is 15.2. The Kier molecular flexibility index (Phi) is 6.93. The van der Waals surface area contributed by atoms with Crippen molar-refractivity contribution < 1.29 is 24.9 Å². The Morgan fingerprint density at radius 2 is 1.93 bits per heavy atom. The van der Waals surface area contributed by atoms with Crippen LogP contribution in [0.25, 0.3) is 0 Å². The molecule has 0 saturated heterocycles. The van der Waals surface area contributed by atoms with Gasteiger partial charge in [-0.25, -0.2) is 11.0 Å². The van der Waals surface area contributed by atoms with E-state index in [1.807, 2.05) is 0 Å². The van der Waals surface area contributed by atoms with Crippen LogP contribution in [0.3, 0.4) is 0 Å². The predicted molar refractivity (Wildman–Crippen MR) is 151 cm³/mol. The molecule has 5 aliphatic rings. The predicted octanol–water partition coefficient (Wildman–Crippen LogP) is 6.19. The Hall–Kier alpha value is -2.59. The molecule has 10 heteroatoms. The molecule has 0 spiro atoms. The van der Waals surface area contributed by atoms with Crippen molar-refractivity contribution in [1.82, 2.24) is 0 Å². The largest absolute Gasteiger partial charge is 0.481 e. The molecule has 5 N–H and O–H groups in total. The van der Waals surface area contributed by atoms with Crippen LogP contribution in [0.15, 0.2) is 12.1 Å². The molecule has 1 aromatic carbocycles. The summed E-state index contributed by atoms with van der Waals surface area (Å²) < 4.78 is 0. The van der Waals surface area contributed by atoms with Crippen molar-refractivity contribution in [3.8, 4) is 0 Å². The average Bonchev–Trinajstić information content (AvgIpc) is 3.54. The summed E-state index contributed by atoms with van der Waals surface area (Å²) in [6, 6.07) is 3.55. The number of aliphatic hydroxyl groups excluding tert-OH is 1. The van der Waals surface area contributed by atoms with E-state index < -0.39 is 10.9 Å². The number of benzene rings is 1. The van der Waals surface area contributed by atoms with E-state index in [1.165, 1.54) is 18.9 Å². The molecule has 1 heterocycles. The van der Waals surface area contributed by atoms with Crippen molar-refractivity contribution in [3.63, 3.8) is 0 Å². The Morgan fingerprint density at radius 3 is 2.67 bits per heavy atom. The zero-order valence-electron chi connectivity index (χ0n) is 23.8. The molecule has 0 bridgehead atoms. The highest BCUT2D eigenvalue weighted by atomic mass is 16.8. The molecule has 0 unspecified atom stereocenters. The minimum atomic E-state index is -0.730. The second-order valence-electron chi connectivity index (χ2n) is 13.9. The number of rotatable bonds is 7. The maximum Gasteiger partial charge on any atom is 0.303 e. The van der Waals surface area contributed by atoms with Crippen molar-refractivity contribution >= 4 is 28.7 Å². The van der Waals surface area contributed by atoms with Gasteiger partial charge in [0.1, 0.15) is 5.69 Å². The molecule has 1 aromatic rings. The number of nitro groups is 1. The summed E-state index contributed by atoms with van der Waals surface area (Å²) in [5.41, 5.74) is 7.17. The molecule has 4 aliphatic carbocycles. The fourth-order valence-electron chi connectivity index (χ4n) is 10.3. The van der Waals surface area contributed by atoms with E-state index in [2.05, 4.69) is 37.0 Å². The molecule has 40 heavy (non-hydrogen) atoms. The Labute approximate surface area is 235 Å². The summed E-state index contributed by atoms with van der Waals surface area (Å²) in [6.45, 7) is 6.99. The fourth-order valence-corrected chi connectivity index (χ4v) is 10.3. The third-order valence-corrected chi connectivity index (χ3v) is 12.4. The summed E-state index contributed by atoms with van der Waals surface area (Å²) in [7, 11) is 0. The molecule has 4 saturated carbocycles. The van der Waals surface area contributed by atoms with Crippen LogP contribution in [0.2, 0.25) is 0 Å². The van der Waals surface area contributed by atoms with Gasteiger partial charge >= 0.3 is 5.97 Å². The molecular formula is C30H44N4O6. The van der Waals surface area contributed by atoms with E-state index in [0.29, 0.717) is 53.3 Å². The van der Waals surface area contributed by atoms with Gasteiger partial charge in [0.25, 0.3) is 5.69 Å². The summed E-state index contributed by atoms with van der Waals surface area (Å²) in [5, 5.41) is 36.1. The van der Waals surface area contributed by atoms with Gasteiger partial charge in [-0.15, -0.1) is 0 Å². The minimum absolute atomic E-state index is 0.0200. The Balaban J connectivity index is 1.16. The number of aliphatic carboxylic acids is 1. The average molecular weight is 557 g/mol. The maximum atomic E-state index is 11.8. The number of carboxylic acids is 1. The molecule has 10 nitrogen and oxygen atoms in total. The molecule has 220 valence electrons. The van der Waals surface area contributed by atoms with Gasteiger partial charge < -0.3 is 15.5 Å². The maximum absolute atomic E-state index is 11.8. The van der Waals surface area contributed by atoms with Crippen LogP contribution in [-0.4, -0.2) is 33.3 Å². The van der Waals surface area contributed by atoms with Crippen molar-refractivity contribution in [3.05, 3.63) is 22.2 Å². The van der Waals surface area contributed by atoms with E-state index in [1.54, 1.807) is 6.07 Å². The van der Waals surface area contributed by atoms with Crippen LogP contribution in [0.4, 0.5) is 22.7 Å². The number of hydrogen-bond acceptors (Lipinski definition) is 8. The first kappa shape index (κ1) is 27.6. The lowest BCUT2D eigenvalue weighted by molar-refractivity contribution is -0.384. The topological polar surface area (TPSA) is 146 Å². The van der Waals surface area contributed by atoms with Gasteiger partial charge in [0.05, 0.1) is 16.7 Å². The lowest BCUT2D eigenvalue weighted by Gasteiger charge is -2.62. The van der Waals surface area contributed by atoms with Crippen molar-refractivity contribution in [2.45, 2.75) is 97.1 Å². The fraction of sp³-hybridized carbons (Fsp3) is 0.767. The summed E-state index contributed by atoms with van der Waals surface area (Å²) in [4.78, 5) is 27.3. The van der Waals surface area contributed by atoms with Crippen molar-refractivity contribution in [2.75, 3.05) is 16.3 Å². The number of aliphatic hydroxyl groups is 1. The zero-order chi connectivity index (χ0) is 28.4. The number of nitrogens with zero attached hydrogens (tertiary/aromatic N) is 1. The van der Waals surface area contributed by atoms with Crippen LogP contribution < -0.4 is 16.3 Å². The highest BCUT2D eigenvalue weighted by Gasteiger charge is 2.63. The quantitative estimate of drug-likeness (QED) is 0.196. The summed E-state index contributed by atoms with van der Waals surface area (Å²) in [6.07, 6.45) is 9.21. The lowest BCUT2D eigenvalue weighted by Crippen LogP contribution is -2.59. The normalized spacial score (nSPS) is 40.5. The number of nitro benzene ring substituents is 1. The second kappa shape index (κ2) is 10.0. The van der Waals surface area contributed by atoms with Crippen LogP contribution >= 0.6 is 0 Å². The standard InChI is InChI=1S/C30H44N4O6/c1-16(4-11-26(36)37)20-7-8-21-19-6-5-17-14-18(12-13-29(17,2)22(19)15-25(35)30(20,21)3)31-23-9-10-24(34(38)39)28-27(23)32-40-33-28/h9-10,16-22,25,31-33,35H,4-8,11-15H2,1-3H3,(H,36,37)/t16-,17-,18+,19+,20-,21+,22+,25+,29+,30-/m1/s1. The van der Waals surface area contributed by atoms with Crippen LogP contribution in [0.1, 0.15) is 85.0 Å². The van der Waals surface area contributed by atoms with Gasteiger partial charge in [0.2, 0.25) is 0 Å². The molecule has 0 radical (unpaired) electrons. The Bertz CT molecular complexity index is 1180. The molecular weight excluding hydrogens is 512 g/mol. The number of carboxylic acid groups (broad SMARTS) is 1. The minimum Gasteiger partial charge on any atom is -0.481 e. The first-order valence-corrected chi connectivity index (χ1v) is 15.2. The first-order chi connectivity index (χ1) is 19.0. The highest BCUT2D eigenvalue weighted by Crippen LogP contribution is 2.68. The van der Waals surface area contributed by atoms with Crippen LogP contribution in [0, 0.1) is 56.5 Å². The van der Waals surface area contributed by atoms with Gasteiger partial charge in [0, 0.05) is 18.5 Å². The van der Waals surface area contributed by atoms with E-state index >= 15 is 0 Å². The van der Waals surface area contributed by atoms with E-state index in [9.17, 15) is 25.1 Å². The summed E-state index contributed by atoms with van der Waals surface area (Å²) >= 11 is 0. The monoisotopic (exact) mass is 556 g/mol. The van der Waals surface area contributed by atoms with Crippen molar-refractivity contribution in [1.29, 1.82) is 0 Å². The van der Waals surface area contributed by atoms with Gasteiger partial charge in [-0.3, -0.25) is 14.9 Å². The third kappa shape index (κ3) is 4.24. The molecule has 1 aliphatic heterocycles. The van der Waals surface area contributed by atoms with Gasteiger partial charge in [0.15, 0.2) is 5.69 Å². The summed E-state index contributed by atoms with van der Waals surface area (Å²) in [5.74, 6) is 2.17. The smallest absolute Gasteiger partial charge is 0.303 e. The number of carbonyl (C=O) groups is 1. The SMILES string of the molecule is C[C@H](CCC(=O)O)[C@H]1CC[C@H]2[C@@H]3CC[C@@H]4C[C@@H](Nc5ccc([N+](=O)[O-])c6c5NON6)CC[C@]4(C)[C@H]3C[C@H](O)[C@]12C. The van der Waals surface area contributed by atoms with Gasteiger partial charge in [-0.2, -0.15) is 4.94 Å². The highest BCUT2D eigenvalue weighted by molar-refractivity contribution is 5.89. The van der Waals surface area contributed by atoms with Crippen molar-refractivity contribution in [2.24, 2.45) is 46.3 Å².